The largest absolute Gasteiger partial charge is 0.475 e. The Hall–Kier alpha value is -2.60. The summed E-state index contributed by atoms with van der Waals surface area (Å²) in [6.45, 7) is 4.06. The first-order valence-corrected chi connectivity index (χ1v) is 9.04. The van der Waals surface area contributed by atoms with Gasteiger partial charge in [-0.3, -0.25) is 0 Å². The number of rotatable bonds is 6. The van der Waals surface area contributed by atoms with Crippen LogP contribution in [0.1, 0.15) is 24.9 Å². The highest BCUT2D eigenvalue weighted by molar-refractivity contribution is 5.75. The number of ether oxygens (including phenoxy) is 2. The first kappa shape index (κ1) is 18.2. The normalized spacial score (nSPS) is 19.8. The average Bonchev–Trinajstić information content (AvgIpc) is 2.71. The van der Waals surface area contributed by atoms with Gasteiger partial charge in [-0.05, 0) is 18.1 Å². The van der Waals surface area contributed by atoms with E-state index in [1.54, 1.807) is 6.20 Å². The molecule has 6 heteroatoms. The van der Waals surface area contributed by atoms with Crippen molar-refractivity contribution in [3.05, 3.63) is 60.3 Å². The minimum Gasteiger partial charge on any atom is -0.475 e. The molecule has 1 aliphatic heterocycles. The van der Waals surface area contributed by atoms with Gasteiger partial charge in [-0.15, -0.1) is 0 Å². The third-order valence-corrected chi connectivity index (χ3v) is 4.31. The molecule has 6 nitrogen and oxygen atoms in total. The van der Waals surface area contributed by atoms with E-state index >= 15 is 0 Å². The topological polar surface area (TPSA) is 63.7 Å². The molecule has 3 rings (SSSR count). The van der Waals surface area contributed by atoms with Crippen molar-refractivity contribution in [2.75, 3.05) is 26.3 Å². The van der Waals surface area contributed by atoms with Gasteiger partial charge in [0.05, 0.1) is 12.6 Å². The molecule has 0 aliphatic carbocycles. The molecule has 2 atom stereocenters. The molecule has 138 valence electrons. The highest BCUT2D eigenvalue weighted by atomic mass is 16.5. The van der Waals surface area contributed by atoms with Gasteiger partial charge in [-0.25, -0.2) is 9.78 Å². The maximum absolute atomic E-state index is 12.7. The number of amides is 2. The lowest BCUT2D eigenvalue weighted by molar-refractivity contribution is -0.0737. The fourth-order valence-corrected chi connectivity index (χ4v) is 3.08. The number of urea groups is 1. The molecule has 1 aliphatic rings. The number of carbonyl (C=O) groups excluding carboxylic acids is 1. The van der Waals surface area contributed by atoms with Gasteiger partial charge in [-0.1, -0.05) is 43.3 Å². The summed E-state index contributed by atoms with van der Waals surface area (Å²) < 4.78 is 11.8. The van der Waals surface area contributed by atoms with Crippen molar-refractivity contribution in [1.29, 1.82) is 0 Å². The molecular formula is C20H25N3O3. The van der Waals surface area contributed by atoms with E-state index < -0.39 is 0 Å². The van der Waals surface area contributed by atoms with E-state index in [0.29, 0.717) is 32.2 Å². The van der Waals surface area contributed by atoms with Gasteiger partial charge in [0.1, 0.15) is 12.7 Å². The van der Waals surface area contributed by atoms with Crippen molar-refractivity contribution in [2.45, 2.75) is 25.5 Å². The molecule has 0 unspecified atom stereocenters. The van der Waals surface area contributed by atoms with E-state index in [4.69, 9.17) is 9.47 Å². The smallest absolute Gasteiger partial charge is 0.318 e. The van der Waals surface area contributed by atoms with Crippen molar-refractivity contribution in [2.24, 2.45) is 0 Å². The van der Waals surface area contributed by atoms with E-state index in [1.807, 2.05) is 60.4 Å². The third kappa shape index (κ3) is 4.52. The minimum absolute atomic E-state index is 0.0631. The van der Waals surface area contributed by atoms with Gasteiger partial charge < -0.3 is 19.7 Å². The van der Waals surface area contributed by atoms with Crippen molar-refractivity contribution < 1.29 is 14.3 Å². The van der Waals surface area contributed by atoms with Crippen LogP contribution in [0.25, 0.3) is 0 Å². The second kappa shape index (κ2) is 9.20. The van der Waals surface area contributed by atoms with Crippen molar-refractivity contribution in [1.82, 2.24) is 15.2 Å². The molecule has 0 spiro atoms. The first-order valence-electron chi connectivity index (χ1n) is 9.04. The van der Waals surface area contributed by atoms with Gasteiger partial charge in [-0.2, -0.15) is 0 Å². The molecule has 1 aromatic carbocycles. The van der Waals surface area contributed by atoms with Crippen LogP contribution in [-0.2, 0) is 4.74 Å². The number of pyridine rings is 1. The predicted octanol–water partition coefficient (Wildman–Crippen LogP) is 3.02. The van der Waals surface area contributed by atoms with E-state index in [9.17, 15) is 4.79 Å². The van der Waals surface area contributed by atoms with Crippen LogP contribution in [0.5, 0.6) is 5.88 Å². The number of hydrogen-bond donors (Lipinski definition) is 1. The molecule has 0 bridgehead atoms. The summed E-state index contributed by atoms with van der Waals surface area (Å²) in [6.07, 6.45) is 2.33. The van der Waals surface area contributed by atoms with Crippen LogP contribution in [-0.4, -0.2) is 48.3 Å². The van der Waals surface area contributed by atoms with Gasteiger partial charge in [0.2, 0.25) is 5.88 Å². The second-order valence-corrected chi connectivity index (χ2v) is 6.17. The first-order chi connectivity index (χ1) is 12.8. The number of benzene rings is 1. The second-order valence-electron chi connectivity index (χ2n) is 6.17. The summed E-state index contributed by atoms with van der Waals surface area (Å²) in [5, 5.41) is 2.97. The Morgan fingerprint density at radius 3 is 2.81 bits per heavy atom. The Morgan fingerprint density at radius 1 is 1.27 bits per heavy atom. The fraction of sp³-hybridized carbons (Fsp3) is 0.400. The SMILES string of the molecule is CCCNC(=O)N1CCO[C@@H](COc2ccccn2)[C@@H]1c1ccccc1. The summed E-state index contributed by atoms with van der Waals surface area (Å²) in [4.78, 5) is 18.7. The Kier molecular flexibility index (Phi) is 6.44. The molecule has 2 heterocycles. The van der Waals surface area contributed by atoms with Gasteiger partial charge in [0, 0.05) is 25.4 Å². The molecule has 1 fully saturated rings. The molecule has 2 aromatic rings. The lowest BCUT2D eigenvalue weighted by Gasteiger charge is -2.41. The molecule has 2 amide bonds. The number of nitrogens with zero attached hydrogens (tertiary/aromatic N) is 2. The Balaban J connectivity index is 1.78. The van der Waals surface area contributed by atoms with Crippen LogP contribution in [0.3, 0.4) is 0 Å². The van der Waals surface area contributed by atoms with Crippen LogP contribution >= 0.6 is 0 Å². The van der Waals surface area contributed by atoms with Crippen LogP contribution < -0.4 is 10.1 Å². The van der Waals surface area contributed by atoms with Gasteiger partial charge in [0.25, 0.3) is 0 Å². The summed E-state index contributed by atoms with van der Waals surface area (Å²) in [5.41, 5.74) is 1.04. The van der Waals surface area contributed by atoms with Crippen LogP contribution in [0.4, 0.5) is 4.79 Å². The predicted molar refractivity (Wildman–Crippen MR) is 99.1 cm³/mol. The molecular weight excluding hydrogens is 330 g/mol. The van der Waals surface area contributed by atoms with Crippen molar-refractivity contribution in [3.8, 4) is 5.88 Å². The number of nitrogens with one attached hydrogen (secondary N) is 1. The highest BCUT2D eigenvalue weighted by Gasteiger charge is 2.36. The Labute approximate surface area is 154 Å². The molecule has 1 aromatic heterocycles. The molecule has 1 N–H and O–H groups in total. The fourth-order valence-electron chi connectivity index (χ4n) is 3.08. The zero-order valence-electron chi connectivity index (χ0n) is 15.0. The van der Waals surface area contributed by atoms with E-state index in [1.165, 1.54) is 0 Å². The summed E-state index contributed by atoms with van der Waals surface area (Å²) in [7, 11) is 0. The molecule has 26 heavy (non-hydrogen) atoms. The zero-order chi connectivity index (χ0) is 18.2. The van der Waals surface area contributed by atoms with Crippen LogP contribution in [0.15, 0.2) is 54.7 Å². The Bertz CT molecular complexity index is 681. The quantitative estimate of drug-likeness (QED) is 0.865. The van der Waals surface area contributed by atoms with E-state index in [0.717, 1.165) is 12.0 Å². The minimum atomic E-state index is -0.263. The number of hydrogen-bond acceptors (Lipinski definition) is 4. The van der Waals surface area contributed by atoms with Gasteiger partial charge in [0.15, 0.2) is 0 Å². The highest BCUT2D eigenvalue weighted by Crippen LogP contribution is 2.30. The van der Waals surface area contributed by atoms with Gasteiger partial charge >= 0.3 is 6.03 Å². The molecule has 0 saturated carbocycles. The van der Waals surface area contributed by atoms with E-state index in [-0.39, 0.29) is 18.2 Å². The summed E-state index contributed by atoms with van der Waals surface area (Å²) in [5.74, 6) is 0.551. The third-order valence-electron chi connectivity index (χ3n) is 4.31. The lowest BCUT2D eigenvalue weighted by atomic mass is 9.98. The summed E-state index contributed by atoms with van der Waals surface area (Å²) in [6, 6.07) is 15.2. The monoisotopic (exact) mass is 355 g/mol. The Morgan fingerprint density at radius 2 is 2.08 bits per heavy atom. The maximum atomic E-state index is 12.7. The lowest BCUT2D eigenvalue weighted by Crippen LogP contribution is -2.53. The number of morpholine rings is 1. The summed E-state index contributed by atoms with van der Waals surface area (Å²) >= 11 is 0. The average molecular weight is 355 g/mol. The van der Waals surface area contributed by atoms with Crippen LogP contribution in [0.2, 0.25) is 0 Å². The molecule has 0 radical (unpaired) electrons. The maximum Gasteiger partial charge on any atom is 0.318 e. The zero-order valence-corrected chi connectivity index (χ0v) is 15.0. The van der Waals surface area contributed by atoms with Crippen LogP contribution in [0, 0.1) is 0 Å². The molecule has 1 saturated heterocycles. The van der Waals surface area contributed by atoms with Crippen molar-refractivity contribution in [3.63, 3.8) is 0 Å². The number of carbonyl (C=O) groups is 1. The van der Waals surface area contributed by atoms with E-state index in [2.05, 4.69) is 10.3 Å². The van der Waals surface area contributed by atoms with Crippen molar-refractivity contribution >= 4 is 6.03 Å². The standard InChI is InChI=1S/C20H25N3O3/c1-2-11-22-20(24)23-13-14-25-17(15-26-18-10-6-7-12-21-18)19(23)16-8-4-3-5-9-16/h3-10,12,17,19H,2,11,13-15H2,1H3,(H,22,24)/t17-,19-/m0/s1. The number of aromatic nitrogens is 1.